The molecule has 0 saturated heterocycles. The lowest BCUT2D eigenvalue weighted by Gasteiger charge is -2.06. The molecule has 0 saturated carbocycles. The van der Waals surface area contributed by atoms with Crippen LogP contribution in [0.5, 0.6) is 0 Å². The molecule has 1 rings (SSSR count). The molecule has 76 valence electrons. The van der Waals surface area contributed by atoms with Gasteiger partial charge in [0.1, 0.15) is 5.76 Å². The molecule has 1 aromatic rings. The maximum Gasteiger partial charge on any atom is 0.242 e. The Morgan fingerprint density at radius 3 is 3.14 bits per heavy atom. The molecular formula is C9H13N3O2. The third kappa shape index (κ3) is 2.70. The fourth-order valence-corrected chi connectivity index (χ4v) is 0.931. The SMILES string of the molecule is C=CCC(N)C(=O)Nc1cc(C)on1. The van der Waals surface area contributed by atoms with E-state index in [0.29, 0.717) is 18.0 Å². The van der Waals surface area contributed by atoms with E-state index in [1.165, 1.54) is 0 Å². The van der Waals surface area contributed by atoms with E-state index >= 15 is 0 Å². The molecule has 5 nitrogen and oxygen atoms in total. The Morgan fingerprint density at radius 1 is 1.93 bits per heavy atom. The van der Waals surface area contributed by atoms with Gasteiger partial charge in [-0.05, 0) is 13.3 Å². The van der Waals surface area contributed by atoms with Crippen LogP contribution >= 0.6 is 0 Å². The summed E-state index contributed by atoms with van der Waals surface area (Å²) in [4.78, 5) is 11.3. The highest BCUT2D eigenvalue weighted by Gasteiger charge is 2.13. The molecule has 1 aromatic heterocycles. The standard InChI is InChI=1S/C9H13N3O2/c1-3-4-7(10)9(13)11-8-5-6(2)14-12-8/h3,5,7H,1,4,10H2,2H3,(H,11,12,13). The molecule has 3 N–H and O–H groups in total. The molecule has 0 aliphatic heterocycles. The van der Waals surface area contributed by atoms with Crippen molar-refractivity contribution in [3.8, 4) is 0 Å². The number of nitrogens with one attached hydrogen (secondary N) is 1. The number of aromatic nitrogens is 1. The number of amides is 1. The van der Waals surface area contributed by atoms with E-state index in [1.54, 1.807) is 19.1 Å². The van der Waals surface area contributed by atoms with Crippen molar-refractivity contribution in [2.24, 2.45) is 5.73 Å². The Morgan fingerprint density at radius 2 is 2.64 bits per heavy atom. The maximum atomic E-state index is 11.3. The van der Waals surface area contributed by atoms with Crippen molar-refractivity contribution in [2.45, 2.75) is 19.4 Å². The summed E-state index contributed by atoms with van der Waals surface area (Å²) in [5, 5.41) is 6.14. The van der Waals surface area contributed by atoms with Gasteiger partial charge < -0.3 is 15.6 Å². The van der Waals surface area contributed by atoms with E-state index in [2.05, 4.69) is 17.1 Å². The molecule has 5 heteroatoms. The topological polar surface area (TPSA) is 81.2 Å². The molecule has 0 aliphatic rings. The van der Waals surface area contributed by atoms with Crippen molar-refractivity contribution in [1.82, 2.24) is 5.16 Å². The summed E-state index contributed by atoms with van der Waals surface area (Å²) in [5.41, 5.74) is 5.54. The summed E-state index contributed by atoms with van der Waals surface area (Å²) < 4.78 is 4.78. The third-order valence-corrected chi connectivity index (χ3v) is 1.64. The second-order valence-electron chi connectivity index (χ2n) is 2.94. The first-order chi connectivity index (χ1) is 6.63. The van der Waals surface area contributed by atoms with Crippen molar-refractivity contribution < 1.29 is 9.32 Å². The second kappa shape index (κ2) is 4.57. The molecule has 1 atom stereocenters. The van der Waals surface area contributed by atoms with Gasteiger partial charge in [-0.1, -0.05) is 11.2 Å². The molecule has 0 bridgehead atoms. The van der Waals surface area contributed by atoms with Gasteiger partial charge in [0.15, 0.2) is 5.82 Å². The Labute approximate surface area is 81.9 Å². The average Bonchev–Trinajstić information content (AvgIpc) is 2.51. The van der Waals surface area contributed by atoms with Gasteiger partial charge in [0.25, 0.3) is 0 Å². The minimum Gasteiger partial charge on any atom is -0.360 e. The van der Waals surface area contributed by atoms with Crippen LogP contribution in [-0.4, -0.2) is 17.1 Å². The first-order valence-electron chi connectivity index (χ1n) is 4.24. The largest absolute Gasteiger partial charge is 0.360 e. The Hall–Kier alpha value is -1.62. The van der Waals surface area contributed by atoms with Crippen LogP contribution in [-0.2, 0) is 4.79 Å². The summed E-state index contributed by atoms with van der Waals surface area (Å²) in [7, 11) is 0. The highest BCUT2D eigenvalue weighted by Crippen LogP contribution is 2.07. The fourth-order valence-electron chi connectivity index (χ4n) is 0.931. The van der Waals surface area contributed by atoms with Crippen molar-refractivity contribution in [2.75, 3.05) is 5.32 Å². The molecule has 0 radical (unpaired) electrons. The van der Waals surface area contributed by atoms with Crippen molar-refractivity contribution in [3.63, 3.8) is 0 Å². The van der Waals surface area contributed by atoms with Crippen LogP contribution < -0.4 is 11.1 Å². The summed E-state index contributed by atoms with van der Waals surface area (Å²) >= 11 is 0. The zero-order valence-corrected chi connectivity index (χ0v) is 7.99. The number of hydrogen-bond acceptors (Lipinski definition) is 4. The van der Waals surface area contributed by atoms with Crippen LogP contribution in [0.1, 0.15) is 12.2 Å². The first kappa shape index (κ1) is 10.5. The van der Waals surface area contributed by atoms with Gasteiger partial charge in [0.05, 0.1) is 6.04 Å². The van der Waals surface area contributed by atoms with Gasteiger partial charge in [0, 0.05) is 6.07 Å². The van der Waals surface area contributed by atoms with Gasteiger partial charge in [-0.3, -0.25) is 4.79 Å². The van der Waals surface area contributed by atoms with Crippen LogP contribution in [0.25, 0.3) is 0 Å². The van der Waals surface area contributed by atoms with E-state index in [-0.39, 0.29) is 5.91 Å². The van der Waals surface area contributed by atoms with Gasteiger partial charge in [-0.2, -0.15) is 0 Å². The smallest absolute Gasteiger partial charge is 0.242 e. The Balaban J connectivity index is 2.52. The number of aryl methyl sites for hydroxylation is 1. The van der Waals surface area contributed by atoms with E-state index < -0.39 is 6.04 Å². The maximum absolute atomic E-state index is 11.3. The lowest BCUT2D eigenvalue weighted by atomic mass is 10.2. The second-order valence-corrected chi connectivity index (χ2v) is 2.94. The molecule has 0 fully saturated rings. The van der Waals surface area contributed by atoms with Crippen LogP contribution in [0.15, 0.2) is 23.2 Å². The molecule has 0 aromatic carbocycles. The quantitative estimate of drug-likeness (QED) is 0.697. The molecule has 1 amide bonds. The number of carbonyl (C=O) groups excluding carboxylic acids is 1. The van der Waals surface area contributed by atoms with E-state index in [1.807, 2.05) is 0 Å². The highest BCUT2D eigenvalue weighted by atomic mass is 16.5. The molecular weight excluding hydrogens is 182 g/mol. The molecule has 1 heterocycles. The third-order valence-electron chi connectivity index (χ3n) is 1.64. The van der Waals surface area contributed by atoms with Crippen molar-refractivity contribution >= 4 is 11.7 Å². The number of hydrogen-bond donors (Lipinski definition) is 2. The lowest BCUT2D eigenvalue weighted by Crippen LogP contribution is -2.35. The Kier molecular flexibility index (Phi) is 3.41. The van der Waals surface area contributed by atoms with E-state index in [4.69, 9.17) is 10.3 Å². The van der Waals surface area contributed by atoms with E-state index in [0.717, 1.165) is 0 Å². The zero-order chi connectivity index (χ0) is 10.6. The zero-order valence-electron chi connectivity index (χ0n) is 7.99. The van der Waals surface area contributed by atoms with Crippen molar-refractivity contribution in [3.05, 3.63) is 24.5 Å². The summed E-state index contributed by atoms with van der Waals surface area (Å²) in [6.07, 6.45) is 2.03. The van der Waals surface area contributed by atoms with Gasteiger partial charge in [-0.15, -0.1) is 6.58 Å². The fraction of sp³-hybridized carbons (Fsp3) is 0.333. The highest BCUT2D eigenvalue weighted by molar-refractivity contribution is 5.93. The monoisotopic (exact) mass is 195 g/mol. The van der Waals surface area contributed by atoms with Crippen LogP contribution in [0.2, 0.25) is 0 Å². The summed E-state index contributed by atoms with van der Waals surface area (Å²) in [6, 6.07) is 1.03. The first-order valence-corrected chi connectivity index (χ1v) is 4.24. The van der Waals surface area contributed by atoms with Gasteiger partial charge in [-0.25, -0.2) is 0 Å². The number of rotatable bonds is 4. The van der Waals surface area contributed by atoms with Crippen LogP contribution in [0.3, 0.4) is 0 Å². The number of nitrogens with zero attached hydrogens (tertiary/aromatic N) is 1. The summed E-state index contributed by atoms with van der Waals surface area (Å²) in [5.74, 6) is 0.725. The minimum absolute atomic E-state index is 0.293. The van der Waals surface area contributed by atoms with Crippen molar-refractivity contribution in [1.29, 1.82) is 0 Å². The minimum atomic E-state index is -0.593. The molecule has 0 spiro atoms. The van der Waals surface area contributed by atoms with E-state index in [9.17, 15) is 4.79 Å². The molecule has 1 unspecified atom stereocenters. The lowest BCUT2D eigenvalue weighted by molar-refractivity contribution is -0.117. The Bertz CT molecular complexity index is 333. The van der Waals surface area contributed by atoms with Gasteiger partial charge in [0.2, 0.25) is 5.91 Å². The number of carbonyl (C=O) groups is 1. The average molecular weight is 195 g/mol. The number of anilines is 1. The van der Waals surface area contributed by atoms with Gasteiger partial charge >= 0.3 is 0 Å². The molecule has 14 heavy (non-hydrogen) atoms. The van der Waals surface area contributed by atoms with Crippen LogP contribution in [0, 0.1) is 6.92 Å². The predicted molar refractivity (Wildman–Crippen MR) is 52.7 cm³/mol. The predicted octanol–water partition coefficient (Wildman–Crippen LogP) is 0.825. The molecule has 0 aliphatic carbocycles. The number of nitrogens with two attached hydrogens (primary N) is 1. The normalized spacial score (nSPS) is 12.1. The summed E-state index contributed by atoms with van der Waals surface area (Å²) in [6.45, 7) is 5.24. The van der Waals surface area contributed by atoms with Crippen LogP contribution in [0.4, 0.5) is 5.82 Å².